The molecule has 84 valence electrons. The maximum atomic E-state index is 9.51. The zero-order chi connectivity index (χ0) is 10.4. The van der Waals surface area contributed by atoms with Crippen molar-refractivity contribution in [3.8, 4) is 0 Å². The Labute approximate surface area is 88.9 Å². The third kappa shape index (κ3) is 3.61. The summed E-state index contributed by atoms with van der Waals surface area (Å²) >= 11 is 0. The largest absolute Gasteiger partial charge is 0.396 e. The lowest BCUT2D eigenvalue weighted by atomic mass is 9.71. The van der Waals surface area contributed by atoms with Crippen LogP contribution in [0.15, 0.2) is 0 Å². The summed E-state index contributed by atoms with van der Waals surface area (Å²) < 4.78 is 0. The summed E-state index contributed by atoms with van der Waals surface area (Å²) in [7, 11) is 0. The van der Waals surface area contributed by atoms with Crippen molar-refractivity contribution in [1.82, 2.24) is 0 Å². The Morgan fingerprint density at radius 2 is 1.79 bits per heavy atom. The fourth-order valence-electron chi connectivity index (χ4n) is 2.67. The summed E-state index contributed by atoms with van der Waals surface area (Å²) in [5, 5.41) is 9.51. The summed E-state index contributed by atoms with van der Waals surface area (Å²) in [5.41, 5.74) is 0.313. The third-order valence-corrected chi connectivity index (χ3v) is 3.74. The van der Waals surface area contributed by atoms with E-state index in [1.807, 2.05) is 0 Å². The van der Waals surface area contributed by atoms with Crippen LogP contribution in [0.3, 0.4) is 0 Å². The Kier molecular flexibility index (Phi) is 4.94. The van der Waals surface area contributed by atoms with Gasteiger partial charge in [-0.05, 0) is 30.6 Å². The Morgan fingerprint density at radius 1 is 1.14 bits per heavy atom. The summed E-state index contributed by atoms with van der Waals surface area (Å²) in [5.74, 6) is 0.814. The van der Waals surface area contributed by atoms with E-state index in [1.165, 1.54) is 51.4 Å². The smallest absolute Gasteiger partial charge is 0.0487 e. The van der Waals surface area contributed by atoms with E-state index in [9.17, 15) is 5.11 Å². The number of hydrogen-bond acceptors (Lipinski definition) is 1. The Morgan fingerprint density at radius 3 is 2.29 bits per heavy atom. The standard InChI is InChI=1S/C13H26O/c1-12(2)7-6-10-13(11-14)8-4-3-5-9-13/h12,14H,3-11H2,1-2H3. The molecule has 0 atom stereocenters. The van der Waals surface area contributed by atoms with Crippen LogP contribution in [0.4, 0.5) is 0 Å². The summed E-state index contributed by atoms with van der Waals surface area (Å²) in [6.07, 6.45) is 10.5. The minimum absolute atomic E-state index is 0.313. The maximum absolute atomic E-state index is 9.51. The number of hydrogen-bond donors (Lipinski definition) is 1. The molecule has 1 saturated carbocycles. The first kappa shape index (κ1) is 12.0. The van der Waals surface area contributed by atoms with E-state index in [0.717, 1.165) is 5.92 Å². The lowest BCUT2D eigenvalue weighted by molar-refractivity contribution is 0.0699. The molecule has 1 fully saturated rings. The van der Waals surface area contributed by atoms with Gasteiger partial charge in [-0.1, -0.05) is 46.0 Å². The van der Waals surface area contributed by atoms with Gasteiger partial charge in [-0.3, -0.25) is 0 Å². The van der Waals surface area contributed by atoms with E-state index in [0.29, 0.717) is 12.0 Å². The maximum Gasteiger partial charge on any atom is 0.0487 e. The van der Waals surface area contributed by atoms with E-state index < -0.39 is 0 Å². The van der Waals surface area contributed by atoms with Crippen LogP contribution in [-0.2, 0) is 0 Å². The van der Waals surface area contributed by atoms with Crippen LogP contribution in [0, 0.1) is 11.3 Å². The molecular weight excluding hydrogens is 172 g/mol. The minimum atomic E-state index is 0.313. The average molecular weight is 198 g/mol. The van der Waals surface area contributed by atoms with Gasteiger partial charge < -0.3 is 5.11 Å². The highest BCUT2D eigenvalue weighted by atomic mass is 16.3. The van der Waals surface area contributed by atoms with Gasteiger partial charge in [0, 0.05) is 6.61 Å². The Bertz CT molecular complexity index is 145. The summed E-state index contributed by atoms with van der Waals surface area (Å²) in [6, 6.07) is 0. The van der Waals surface area contributed by atoms with Crippen LogP contribution in [0.25, 0.3) is 0 Å². The molecular formula is C13H26O. The zero-order valence-corrected chi connectivity index (χ0v) is 9.89. The molecule has 1 heteroatoms. The minimum Gasteiger partial charge on any atom is -0.396 e. The molecule has 1 aliphatic carbocycles. The van der Waals surface area contributed by atoms with Gasteiger partial charge >= 0.3 is 0 Å². The number of rotatable bonds is 5. The highest BCUT2D eigenvalue weighted by Gasteiger charge is 2.30. The zero-order valence-electron chi connectivity index (χ0n) is 9.89. The van der Waals surface area contributed by atoms with Crippen LogP contribution in [0.2, 0.25) is 0 Å². The molecule has 0 spiro atoms. The first-order valence-corrected chi connectivity index (χ1v) is 6.29. The van der Waals surface area contributed by atoms with Crippen molar-refractivity contribution in [3.63, 3.8) is 0 Å². The molecule has 1 rings (SSSR count). The number of aliphatic hydroxyl groups excluding tert-OH is 1. The topological polar surface area (TPSA) is 20.2 Å². The predicted octanol–water partition coefficient (Wildman–Crippen LogP) is 3.76. The highest BCUT2D eigenvalue weighted by Crippen LogP contribution is 2.40. The molecule has 0 aliphatic heterocycles. The summed E-state index contributed by atoms with van der Waals surface area (Å²) in [4.78, 5) is 0. The highest BCUT2D eigenvalue weighted by molar-refractivity contribution is 4.82. The van der Waals surface area contributed by atoms with Crippen LogP contribution in [0.5, 0.6) is 0 Å². The van der Waals surface area contributed by atoms with Crippen molar-refractivity contribution in [2.75, 3.05) is 6.61 Å². The van der Waals surface area contributed by atoms with E-state index in [4.69, 9.17) is 0 Å². The molecule has 0 amide bonds. The van der Waals surface area contributed by atoms with E-state index >= 15 is 0 Å². The SMILES string of the molecule is CC(C)CCCC1(CO)CCCCC1. The van der Waals surface area contributed by atoms with Gasteiger partial charge in [-0.25, -0.2) is 0 Å². The average Bonchev–Trinajstić information content (AvgIpc) is 2.19. The van der Waals surface area contributed by atoms with Gasteiger partial charge in [0.15, 0.2) is 0 Å². The number of aliphatic hydroxyl groups is 1. The molecule has 1 N–H and O–H groups in total. The van der Waals surface area contributed by atoms with Crippen molar-refractivity contribution in [2.45, 2.75) is 65.2 Å². The van der Waals surface area contributed by atoms with Gasteiger partial charge in [0.2, 0.25) is 0 Å². The van der Waals surface area contributed by atoms with Crippen LogP contribution in [-0.4, -0.2) is 11.7 Å². The second-order valence-corrected chi connectivity index (χ2v) is 5.50. The molecule has 0 bridgehead atoms. The van der Waals surface area contributed by atoms with Crippen molar-refractivity contribution in [3.05, 3.63) is 0 Å². The van der Waals surface area contributed by atoms with Crippen molar-refractivity contribution >= 4 is 0 Å². The molecule has 0 radical (unpaired) electrons. The molecule has 0 heterocycles. The lowest BCUT2D eigenvalue weighted by Crippen LogP contribution is -2.28. The molecule has 0 unspecified atom stereocenters. The Balaban J connectivity index is 2.29. The first-order valence-electron chi connectivity index (χ1n) is 6.29. The van der Waals surface area contributed by atoms with E-state index in [1.54, 1.807) is 0 Å². The monoisotopic (exact) mass is 198 g/mol. The second-order valence-electron chi connectivity index (χ2n) is 5.50. The fraction of sp³-hybridized carbons (Fsp3) is 1.00. The molecule has 0 saturated heterocycles. The molecule has 0 aromatic heterocycles. The lowest BCUT2D eigenvalue weighted by Gasteiger charge is -2.35. The van der Waals surface area contributed by atoms with Gasteiger partial charge in [-0.15, -0.1) is 0 Å². The molecule has 1 aliphatic rings. The quantitative estimate of drug-likeness (QED) is 0.713. The van der Waals surface area contributed by atoms with Gasteiger partial charge in [0.25, 0.3) is 0 Å². The van der Waals surface area contributed by atoms with Gasteiger partial charge in [-0.2, -0.15) is 0 Å². The molecule has 0 aromatic rings. The van der Waals surface area contributed by atoms with Crippen molar-refractivity contribution < 1.29 is 5.11 Å². The van der Waals surface area contributed by atoms with Crippen LogP contribution in [0.1, 0.15) is 65.2 Å². The summed E-state index contributed by atoms with van der Waals surface area (Å²) in [6.45, 7) is 4.99. The van der Waals surface area contributed by atoms with E-state index in [-0.39, 0.29) is 0 Å². The first-order chi connectivity index (χ1) is 6.68. The molecule has 14 heavy (non-hydrogen) atoms. The van der Waals surface area contributed by atoms with Gasteiger partial charge in [0.1, 0.15) is 0 Å². The Hall–Kier alpha value is -0.0400. The van der Waals surface area contributed by atoms with Crippen LogP contribution >= 0.6 is 0 Å². The normalized spacial score (nSPS) is 21.4. The fourth-order valence-corrected chi connectivity index (χ4v) is 2.67. The van der Waals surface area contributed by atoms with E-state index in [2.05, 4.69) is 13.8 Å². The van der Waals surface area contributed by atoms with Crippen LogP contribution < -0.4 is 0 Å². The van der Waals surface area contributed by atoms with Crippen molar-refractivity contribution in [2.24, 2.45) is 11.3 Å². The molecule has 0 aromatic carbocycles. The molecule has 1 nitrogen and oxygen atoms in total. The van der Waals surface area contributed by atoms with Crippen molar-refractivity contribution in [1.29, 1.82) is 0 Å². The predicted molar refractivity (Wildman–Crippen MR) is 61.3 cm³/mol. The van der Waals surface area contributed by atoms with Gasteiger partial charge in [0.05, 0.1) is 0 Å². The second kappa shape index (κ2) is 5.75. The third-order valence-electron chi connectivity index (χ3n) is 3.74.